The fraction of sp³-hybridized carbons (Fsp3) is 0.733. The Labute approximate surface area is 100 Å². The van der Waals surface area contributed by atoms with E-state index in [4.69, 9.17) is 0 Å². The van der Waals surface area contributed by atoms with E-state index < -0.39 is 0 Å². The Kier molecular flexibility index (Phi) is 3.69. The molecule has 1 heteroatoms. The Bertz CT molecular complexity index is 290. The summed E-state index contributed by atoms with van der Waals surface area (Å²) in [6, 6.07) is 0. The molecule has 1 fully saturated rings. The molecule has 0 aliphatic heterocycles. The lowest BCUT2D eigenvalue weighted by Crippen LogP contribution is -2.47. The van der Waals surface area contributed by atoms with Gasteiger partial charge in [0.2, 0.25) is 0 Å². The van der Waals surface area contributed by atoms with Crippen molar-refractivity contribution in [2.75, 3.05) is 6.61 Å². The molecule has 0 unspecified atom stereocenters. The molecule has 0 heterocycles. The number of allylic oxidation sites excluding steroid dienone is 2. The van der Waals surface area contributed by atoms with Crippen LogP contribution in [0.1, 0.15) is 40.5 Å². The second-order valence-electron chi connectivity index (χ2n) is 6.23. The van der Waals surface area contributed by atoms with E-state index in [2.05, 4.69) is 46.9 Å². The van der Waals surface area contributed by atoms with Crippen LogP contribution < -0.4 is 0 Å². The molecule has 0 amide bonds. The number of aliphatic hydroxyl groups excluding tert-OH is 1. The van der Waals surface area contributed by atoms with Crippen molar-refractivity contribution >= 4 is 0 Å². The summed E-state index contributed by atoms with van der Waals surface area (Å²) in [6.07, 6.45) is 4.26. The van der Waals surface area contributed by atoms with Crippen LogP contribution in [0.5, 0.6) is 0 Å². The Morgan fingerprint density at radius 1 is 1.44 bits per heavy atom. The third-order valence-corrected chi connectivity index (χ3v) is 4.67. The van der Waals surface area contributed by atoms with Crippen LogP contribution in [-0.2, 0) is 0 Å². The molecule has 0 aromatic rings. The molecular weight excluding hydrogens is 196 g/mol. The molecule has 0 bridgehead atoms. The fourth-order valence-electron chi connectivity index (χ4n) is 3.83. The minimum absolute atomic E-state index is 0.0990. The van der Waals surface area contributed by atoms with Gasteiger partial charge >= 0.3 is 0 Å². The van der Waals surface area contributed by atoms with Crippen LogP contribution in [0.2, 0.25) is 0 Å². The van der Waals surface area contributed by atoms with Crippen molar-refractivity contribution in [2.45, 2.75) is 40.5 Å². The first kappa shape index (κ1) is 13.5. The van der Waals surface area contributed by atoms with Crippen molar-refractivity contribution in [1.82, 2.24) is 0 Å². The van der Waals surface area contributed by atoms with Gasteiger partial charge in [0.05, 0.1) is 0 Å². The summed E-state index contributed by atoms with van der Waals surface area (Å²) in [6.45, 7) is 17.3. The van der Waals surface area contributed by atoms with E-state index in [1.807, 2.05) is 0 Å². The highest BCUT2D eigenvalue weighted by molar-refractivity contribution is 5.17. The highest BCUT2D eigenvalue weighted by atomic mass is 16.3. The summed E-state index contributed by atoms with van der Waals surface area (Å²) in [5, 5.41) is 9.51. The molecule has 0 aromatic carbocycles. The molecule has 0 saturated heterocycles. The maximum absolute atomic E-state index is 9.51. The van der Waals surface area contributed by atoms with Crippen molar-refractivity contribution in [2.24, 2.45) is 22.7 Å². The van der Waals surface area contributed by atoms with Gasteiger partial charge in [0.1, 0.15) is 0 Å². The first-order chi connectivity index (χ1) is 7.29. The Morgan fingerprint density at radius 3 is 2.38 bits per heavy atom. The normalized spacial score (nSPS) is 38.1. The van der Waals surface area contributed by atoms with Gasteiger partial charge in [-0.05, 0) is 42.4 Å². The smallest absolute Gasteiger partial charge is 0.0464 e. The van der Waals surface area contributed by atoms with E-state index in [-0.39, 0.29) is 17.4 Å². The molecule has 3 atom stereocenters. The standard InChI is InChI=1S/C15H26O/c1-7-15(6)9-8-12(10-16)14(4,5)13(15)11(2)3/h7,12-13,16H,1-2,8-10H2,3-6H3/t12-,13-,15+/m1/s1. The van der Waals surface area contributed by atoms with Crippen LogP contribution in [-0.4, -0.2) is 11.7 Å². The van der Waals surface area contributed by atoms with Crippen LogP contribution in [0.4, 0.5) is 0 Å². The van der Waals surface area contributed by atoms with Gasteiger partial charge in [-0.15, -0.1) is 6.58 Å². The topological polar surface area (TPSA) is 20.2 Å². The molecule has 16 heavy (non-hydrogen) atoms. The third kappa shape index (κ3) is 1.98. The Balaban J connectivity index is 3.16. The quantitative estimate of drug-likeness (QED) is 0.720. The van der Waals surface area contributed by atoms with Crippen LogP contribution >= 0.6 is 0 Å². The molecule has 1 rings (SSSR count). The molecule has 1 aliphatic rings. The predicted octanol–water partition coefficient (Wildman–Crippen LogP) is 3.80. The van der Waals surface area contributed by atoms with Gasteiger partial charge in [0.25, 0.3) is 0 Å². The van der Waals surface area contributed by atoms with Gasteiger partial charge in [-0.25, -0.2) is 0 Å². The summed E-state index contributed by atoms with van der Waals surface area (Å²) < 4.78 is 0. The van der Waals surface area contributed by atoms with Gasteiger partial charge in [-0.2, -0.15) is 0 Å². The molecule has 0 spiro atoms. The average molecular weight is 222 g/mol. The van der Waals surface area contributed by atoms with Crippen molar-refractivity contribution in [3.05, 3.63) is 24.8 Å². The van der Waals surface area contributed by atoms with Gasteiger partial charge in [-0.1, -0.05) is 39.0 Å². The van der Waals surface area contributed by atoms with E-state index in [0.717, 1.165) is 12.8 Å². The van der Waals surface area contributed by atoms with Crippen LogP contribution in [0.25, 0.3) is 0 Å². The van der Waals surface area contributed by atoms with Crippen LogP contribution in [0.15, 0.2) is 24.8 Å². The lowest BCUT2D eigenvalue weighted by molar-refractivity contribution is -0.0223. The Hall–Kier alpha value is -0.560. The van der Waals surface area contributed by atoms with Crippen molar-refractivity contribution in [3.8, 4) is 0 Å². The average Bonchev–Trinajstić information content (AvgIpc) is 2.16. The highest BCUT2D eigenvalue weighted by Gasteiger charge is 2.49. The SMILES string of the molecule is C=C[C@@]1(C)CC[C@H](CO)C(C)(C)[C@H]1C(=C)C. The lowest BCUT2D eigenvalue weighted by atomic mass is 9.51. The summed E-state index contributed by atoms with van der Waals surface area (Å²) in [7, 11) is 0. The highest BCUT2D eigenvalue weighted by Crippen LogP contribution is 2.56. The summed E-state index contributed by atoms with van der Waals surface area (Å²) in [5.74, 6) is 0.783. The first-order valence-corrected chi connectivity index (χ1v) is 6.19. The predicted molar refractivity (Wildman–Crippen MR) is 70.2 cm³/mol. The van der Waals surface area contributed by atoms with Gasteiger partial charge < -0.3 is 5.11 Å². The molecule has 1 nitrogen and oxygen atoms in total. The van der Waals surface area contributed by atoms with Crippen molar-refractivity contribution in [1.29, 1.82) is 0 Å². The summed E-state index contributed by atoms with van der Waals surface area (Å²) in [4.78, 5) is 0. The number of hydrogen-bond donors (Lipinski definition) is 1. The van der Waals surface area contributed by atoms with E-state index in [1.165, 1.54) is 5.57 Å². The molecule has 1 aliphatic carbocycles. The molecule has 1 saturated carbocycles. The maximum atomic E-state index is 9.51. The molecule has 1 N–H and O–H groups in total. The number of aliphatic hydroxyl groups is 1. The maximum Gasteiger partial charge on any atom is 0.0464 e. The van der Waals surface area contributed by atoms with Gasteiger partial charge in [-0.3, -0.25) is 0 Å². The van der Waals surface area contributed by atoms with E-state index in [9.17, 15) is 5.11 Å². The van der Waals surface area contributed by atoms with Crippen molar-refractivity contribution < 1.29 is 5.11 Å². The zero-order chi connectivity index (χ0) is 12.6. The molecule has 0 aromatic heterocycles. The first-order valence-electron chi connectivity index (χ1n) is 6.19. The largest absolute Gasteiger partial charge is 0.396 e. The minimum Gasteiger partial charge on any atom is -0.396 e. The molecule has 0 radical (unpaired) electrons. The van der Waals surface area contributed by atoms with Crippen LogP contribution in [0.3, 0.4) is 0 Å². The second-order valence-corrected chi connectivity index (χ2v) is 6.23. The lowest BCUT2D eigenvalue weighted by Gasteiger charge is -2.54. The Morgan fingerprint density at radius 2 is 2.00 bits per heavy atom. The van der Waals surface area contributed by atoms with E-state index in [1.54, 1.807) is 0 Å². The second kappa shape index (κ2) is 4.37. The summed E-state index contributed by atoms with van der Waals surface area (Å²) in [5.41, 5.74) is 1.44. The zero-order valence-electron chi connectivity index (χ0n) is 11.2. The van der Waals surface area contributed by atoms with E-state index >= 15 is 0 Å². The third-order valence-electron chi connectivity index (χ3n) is 4.67. The minimum atomic E-state index is 0.0990. The number of hydrogen-bond acceptors (Lipinski definition) is 1. The summed E-state index contributed by atoms with van der Waals surface area (Å²) >= 11 is 0. The van der Waals surface area contributed by atoms with Gasteiger partial charge in [0, 0.05) is 6.61 Å². The van der Waals surface area contributed by atoms with Crippen molar-refractivity contribution in [3.63, 3.8) is 0 Å². The molecular formula is C15H26O. The van der Waals surface area contributed by atoms with Crippen LogP contribution in [0, 0.1) is 22.7 Å². The molecule has 92 valence electrons. The van der Waals surface area contributed by atoms with E-state index in [0.29, 0.717) is 11.8 Å². The zero-order valence-corrected chi connectivity index (χ0v) is 11.2. The monoisotopic (exact) mass is 222 g/mol. The van der Waals surface area contributed by atoms with Gasteiger partial charge in [0.15, 0.2) is 0 Å². The number of rotatable bonds is 3. The fourth-order valence-corrected chi connectivity index (χ4v) is 3.83.